The quantitative estimate of drug-likeness (QED) is 0.824. The molecule has 2 saturated heterocycles. The number of nitrogens with two attached hydrogens (primary N) is 1. The third-order valence-electron chi connectivity index (χ3n) is 4.39. The third-order valence-corrected chi connectivity index (χ3v) is 4.39. The number of hydrogen-bond donors (Lipinski definition) is 1. The van der Waals surface area contributed by atoms with Crippen LogP contribution in [-0.2, 0) is 0 Å². The van der Waals surface area contributed by atoms with E-state index >= 15 is 0 Å². The Labute approximate surface area is 119 Å². The van der Waals surface area contributed by atoms with Gasteiger partial charge in [-0.1, -0.05) is 6.07 Å². The molecule has 2 N–H and O–H groups in total. The number of hydrogen-bond acceptors (Lipinski definition) is 4. The number of anilines is 1. The van der Waals surface area contributed by atoms with Gasteiger partial charge < -0.3 is 15.4 Å². The maximum absolute atomic E-state index is 12.6. The lowest BCUT2D eigenvalue weighted by molar-refractivity contribution is 0.0572. The highest BCUT2D eigenvalue weighted by molar-refractivity contribution is 6.00. The van der Waals surface area contributed by atoms with Crippen LogP contribution in [0.1, 0.15) is 23.2 Å². The fourth-order valence-corrected chi connectivity index (χ4v) is 3.25. The Kier molecular flexibility index (Phi) is 3.53. The van der Waals surface area contributed by atoms with Gasteiger partial charge in [-0.05, 0) is 31.5 Å². The molecule has 2 aliphatic rings. The Hall–Kier alpha value is -1.75. The molecule has 1 amide bonds. The van der Waals surface area contributed by atoms with Crippen molar-refractivity contribution in [2.45, 2.75) is 18.9 Å². The molecule has 5 nitrogen and oxygen atoms in total. The summed E-state index contributed by atoms with van der Waals surface area (Å²) >= 11 is 0. The summed E-state index contributed by atoms with van der Waals surface area (Å²) in [4.78, 5) is 17.1. The fourth-order valence-electron chi connectivity index (χ4n) is 3.25. The number of amides is 1. The largest absolute Gasteiger partial charge is 0.495 e. The lowest BCUT2D eigenvalue weighted by atomic mass is 10.1. The molecular weight excluding hydrogens is 254 g/mol. The maximum Gasteiger partial charge on any atom is 0.256 e. The van der Waals surface area contributed by atoms with Gasteiger partial charge in [0.1, 0.15) is 5.75 Å². The molecule has 2 aliphatic heterocycles. The van der Waals surface area contributed by atoms with Gasteiger partial charge in [-0.3, -0.25) is 9.69 Å². The average molecular weight is 275 g/mol. The van der Waals surface area contributed by atoms with E-state index in [9.17, 15) is 4.79 Å². The lowest BCUT2D eigenvalue weighted by Crippen LogP contribution is -2.52. The number of piperazine rings is 1. The SMILES string of the molecule is COc1cccc(C(=O)N2CCN3CCCC3C2)c1N. The van der Waals surface area contributed by atoms with E-state index in [4.69, 9.17) is 10.5 Å². The van der Waals surface area contributed by atoms with Crippen LogP contribution < -0.4 is 10.5 Å². The van der Waals surface area contributed by atoms with Crippen molar-refractivity contribution in [2.24, 2.45) is 0 Å². The molecular formula is C15H21N3O2. The summed E-state index contributed by atoms with van der Waals surface area (Å²) in [7, 11) is 1.57. The number of nitrogen functional groups attached to an aromatic ring is 1. The summed E-state index contributed by atoms with van der Waals surface area (Å²) in [6, 6.07) is 5.90. The van der Waals surface area contributed by atoms with Crippen molar-refractivity contribution in [2.75, 3.05) is 39.0 Å². The predicted octanol–water partition coefficient (Wildman–Crippen LogP) is 1.20. The van der Waals surface area contributed by atoms with E-state index in [1.54, 1.807) is 19.2 Å². The number of para-hydroxylation sites is 1. The first kappa shape index (κ1) is 13.2. The summed E-state index contributed by atoms with van der Waals surface area (Å²) in [6.07, 6.45) is 2.44. The number of carbonyl (C=O) groups excluding carboxylic acids is 1. The minimum atomic E-state index is 0.0213. The van der Waals surface area contributed by atoms with Gasteiger partial charge in [-0.25, -0.2) is 0 Å². The molecule has 20 heavy (non-hydrogen) atoms. The van der Waals surface area contributed by atoms with Gasteiger partial charge in [0.05, 0.1) is 18.4 Å². The number of rotatable bonds is 2. The second kappa shape index (κ2) is 5.32. The highest BCUT2D eigenvalue weighted by Gasteiger charge is 2.33. The summed E-state index contributed by atoms with van der Waals surface area (Å²) in [6.45, 7) is 3.75. The Morgan fingerprint density at radius 1 is 1.35 bits per heavy atom. The van der Waals surface area contributed by atoms with Crippen LogP contribution in [0.25, 0.3) is 0 Å². The predicted molar refractivity (Wildman–Crippen MR) is 77.9 cm³/mol. The minimum absolute atomic E-state index is 0.0213. The molecule has 3 rings (SSSR count). The van der Waals surface area contributed by atoms with Crippen molar-refractivity contribution >= 4 is 11.6 Å². The van der Waals surface area contributed by atoms with Crippen LogP contribution in [0.2, 0.25) is 0 Å². The van der Waals surface area contributed by atoms with Crippen molar-refractivity contribution in [1.29, 1.82) is 0 Å². The van der Waals surface area contributed by atoms with Gasteiger partial charge in [-0.15, -0.1) is 0 Å². The number of methoxy groups -OCH3 is 1. The summed E-state index contributed by atoms with van der Waals surface area (Å²) in [5, 5.41) is 0. The number of carbonyl (C=O) groups is 1. The molecule has 1 atom stereocenters. The second-order valence-corrected chi connectivity index (χ2v) is 5.50. The van der Waals surface area contributed by atoms with Gasteiger partial charge >= 0.3 is 0 Å². The monoisotopic (exact) mass is 275 g/mol. The van der Waals surface area contributed by atoms with Gasteiger partial charge in [0.2, 0.25) is 0 Å². The molecule has 1 aromatic rings. The van der Waals surface area contributed by atoms with Crippen LogP contribution in [-0.4, -0.2) is 55.0 Å². The fraction of sp³-hybridized carbons (Fsp3) is 0.533. The van der Waals surface area contributed by atoms with Crippen LogP contribution in [0.15, 0.2) is 18.2 Å². The number of ether oxygens (including phenoxy) is 1. The number of nitrogens with zero attached hydrogens (tertiary/aromatic N) is 2. The average Bonchev–Trinajstić information content (AvgIpc) is 2.94. The van der Waals surface area contributed by atoms with E-state index in [1.165, 1.54) is 19.4 Å². The van der Waals surface area contributed by atoms with Crippen LogP contribution in [0, 0.1) is 0 Å². The Bertz CT molecular complexity index is 518. The van der Waals surface area contributed by atoms with Crippen LogP contribution in [0.4, 0.5) is 5.69 Å². The molecule has 2 heterocycles. The molecule has 0 bridgehead atoms. The van der Waals surface area contributed by atoms with Crippen LogP contribution >= 0.6 is 0 Å². The summed E-state index contributed by atoms with van der Waals surface area (Å²) in [5.74, 6) is 0.586. The van der Waals surface area contributed by atoms with Crippen molar-refractivity contribution in [3.63, 3.8) is 0 Å². The minimum Gasteiger partial charge on any atom is -0.495 e. The Morgan fingerprint density at radius 3 is 3.00 bits per heavy atom. The molecule has 1 unspecified atom stereocenters. The Morgan fingerprint density at radius 2 is 2.20 bits per heavy atom. The van der Waals surface area contributed by atoms with Crippen molar-refractivity contribution in [1.82, 2.24) is 9.80 Å². The van der Waals surface area contributed by atoms with E-state index < -0.39 is 0 Å². The first-order chi connectivity index (χ1) is 9.70. The molecule has 0 aliphatic carbocycles. The highest BCUT2D eigenvalue weighted by atomic mass is 16.5. The molecule has 0 aromatic heterocycles. The second-order valence-electron chi connectivity index (χ2n) is 5.50. The molecule has 0 saturated carbocycles. The number of benzene rings is 1. The topological polar surface area (TPSA) is 58.8 Å². The van der Waals surface area contributed by atoms with E-state index in [1.807, 2.05) is 11.0 Å². The van der Waals surface area contributed by atoms with E-state index in [0.29, 0.717) is 23.0 Å². The molecule has 2 fully saturated rings. The van der Waals surface area contributed by atoms with Gasteiger partial charge in [0.15, 0.2) is 0 Å². The van der Waals surface area contributed by atoms with Crippen molar-refractivity contribution < 1.29 is 9.53 Å². The molecule has 5 heteroatoms. The van der Waals surface area contributed by atoms with Gasteiger partial charge in [-0.2, -0.15) is 0 Å². The smallest absolute Gasteiger partial charge is 0.256 e. The zero-order chi connectivity index (χ0) is 14.1. The van der Waals surface area contributed by atoms with Crippen LogP contribution in [0.5, 0.6) is 5.75 Å². The zero-order valence-electron chi connectivity index (χ0n) is 11.8. The van der Waals surface area contributed by atoms with E-state index in [2.05, 4.69) is 4.90 Å². The lowest BCUT2D eigenvalue weighted by Gasteiger charge is -2.37. The zero-order valence-corrected chi connectivity index (χ0v) is 11.8. The molecule has 0 spiro atoms. The molecule has 108 valence electrons. The van der Waals surface area contributed by atoms with Crippen LogP contribution in [0.3, 0.4) is 0 Å². The first-order valence-corrected chi connectivity index (χ1v) is 7.16. The normalized spacial score (nSPS) is 22.6. The summed E-state index contributed by atoms with van der Waals surface area (Å²) in [5.41, 5.74) is 7.02. The Balaban J connectivity index is 1.79. The maximum atomic E-state index is 12.6. The summed E-state index contributed by atoms with van der Waals surface area (Å²) < 4.78 is 5.19. The van der Waals surface area contributed by atoms with Gasteiger partial charge in [0, 0.05) is 25.7 Å². The first-order valence-electron chi connectivity index (χ1n) is 7.16. The van der Waals surface area contributed by atoms with Gasteiger partial charge in [0.25, 0.3) is 5.91 Å². The molecule has 1 aromatic carbocycles. The van der Waals surface area contributed by atoms with Crippen molar-refractivity contribution in [3.8, 4) is 5.75 Å². The number of fused-ring (bicyclic) bond motifs is 1. The third kappa shape index (κ3) is 2.22. The van der Waals surface area contributed by atoms with E-state index in [-0.39, 0.29) is 5.91 Å². The van der Waals surface area contributed by atoms with E-state index in [0.717, 1.165) is 19.6 Å². The van der Waals surface area contributed by atoms with Crippen molar-refractivity contribution in [3.05, 3.63) is 23.8 Å². The molecule has 0 radical (unpaired) electrons. The standard InChI is InChI=1S/C15H21N3O2/c1-20-13-6-2-5-12(14(13)16)15(19)18-9-8-17-7-3-4-11(17)10-18/h2,5-6,11H,3-4,7-10,16H2,1H3. The highest BCUT2D eigenvalue weighted by Crippen LogP contribution is 2.28.